The first-order valence-electron chi connectivity index (χ1n) is 22.7. The number of benzene rings is 11. The molecule has 0 nitrogen and oxygen atoms in total. The van der Waals surface area contributed by atoms with Gasteiger partial charge in [0.15, 0.2) is 0 Å². The van der Waals surface area contributed by atoms with Gasteiger partial charge in [0.1, 0.15) is 0 Å². The maximum Gasteiger partial charge on any atom is 0.0212 e. The molecule has 4 aliphatic carbocycles. The van der Waals surface area contributed by atoms with Gasteiger partial charge in [0.2, 0.25) is 0 Å². The van der Waals surface area contributed by atoms with Gasteiger partial charge >= 0.3 is 0 Å². The highest BCUT2D eigenvalue weighted by molar-refractivity contribution is 6.32. The summed E-state index contributed by atoms with van der Waals surface area (Å²) in [5.41, 5.74) is 23.0. The van der Waals surface area contributed by atoms with E-state index in [9.17, 15) is 0 Å². The van der Waals surface area contributed by atoms with Crippen molar-refractivity contribution in [3.05, 3.63) is 234 Å². The fraction of sp³-hybridized carbons (Fsp3) is 0.0312. The molecule has 0 aliphatic heterocycles. The molecule has 0 spiro atoms. The second-order valence-corrected chi connectivity index (χ2v) is 18.1. The minimum Gasteiger partial charge on any atom is -0.0754 e. The monoisotopic (exact) mass is 806 g/mol. The van der Waals surface area contributed by atoms with Crippen molar-refractivity contribution in [1.82, 2.24) is 0 Å². The standard InChI is InChI=1S/C64H38/c1-5-17-37(18-6-1)53-41-25-13-14-26-42(41)54(38-19-7-2-8-20-38)62-50-34-30-46-48-32-36-52-60-51(35-31-47(58(48)60)45-29-33-49(61(53)62)59(50)57(45)46)63-55(39-21-9-3-10-22-39)43-27-15-16-28-44(43)56(64(52)63)40-23-11-4-12-24-40/h1-36,49,59H. The molecule has 0 heteroatoms. The topological polar surface area (TPSA) is 0 Å². The zero-order valence-corrected chi connectivity index (χ0v) is 34.9. The summed E-state index contributed by atoms with van der Waals surface area (Å²) in [7, 11) is 0. The lowest BCUT2D eigenvalue weighted by Gasteiger charge is -2.30. The Labute approximate surface area is 371 Å². The van der Waals surface area contributed by atoms with E-state index < -0.39 is 0 Å². The van der Waals surface area contributed by atoms with Crippen LogP contribution in [0.2, 0.25) is 0 Å². The van der Waals surface area contributed by atoms with E-state index in [2.05, 4.69) is 218 Å². The second kappa shape index (κ2) is 12.8. The van der Waals surface area contributed by atoms with Gasteiger partial charge in [-0.15, -0.1) is 0 Å². The summed E-state index contributed by atoms with van der Waals surface area (Å²) in [5.74, 6) is 0.414. The Bertz CT molecular complexity index is 3870. The maximum absolute atomic E-state index is 2.57. The Kier molecular flexibility index (Phi) is 6.88. The van der Waals surface area contributed by atoms with Crippen molar-refractivity contribution >= 4 is 60.8 Å². The van der Waals surface area contributed by atoms with Crippen LogP contribution < -0.4 is 5.22 Å². The van der Waals surface area contributed by atoms with Crippen LogP contribution in [-0.4, -0.2) is 0 Å². The second-order valence-electron chi connectivity index (χ2n) is 18.1. The van der Waals surface area contributed by atoms with Crippen molar-refractivity contribution in [2.24, 2.45) is 0 Å². The fourth-order valence-electron chi connectivity index (χ4n) is 12.8. The molecule has 15 rings (SSSR count). The lowest BCUT2D eigenvalue weighted by molar-refractivity contribution is 0.779. The number of fused-ring (bicyclic) bond motifs is 10. The summed E-state index contributed by atoms with van der Waals surface area (Å²) in [4.78, 5) is 0. The van der Waals surface area contributed by atoms with Gasteiger partial charge in [0.25, 0.3) is 0 Å². The van der Waals surface area contributed by atoms with Crippen LogP contribution in [0, 0.1) is 0 Å². The predicted molar refractivity (Wildman–Crippen MR) is 271 cm³/mol. The Morgan fingerprint density at radius 3 is 1.25 bits per heavy atom. The molecular formula is C64H38. The first-order valence-corrected chi connectivity index (χ1v) is 22.7. The predicted octanol–water partition coefficient (Wildman–Crippen LogP) is 16.4. The summed E-state index contributed by atoms with van der Waals surface area (Å²) < 4.78 is 0. The van der Waals surface area contributed by atoms with E-state index in [1.165, 1.54) is 143 Å². The lowest BCUT2D eigenvalue weighted by atomic mass is 9.72. The van der Waals surface area contributed by atoms with Gasteiger partial charge in [-0.2, -0.15) is 0 Å². The third-order valence-electron chi connectivity index (χ3n) is 15.1. The minimum atomic E-state index is 0.204. The molecule has 11 aromatic carbocycles. The molecular weight excluding hydrogens is 769 g/mol. The number of rotatable bonds is 4. The van der Waals surface area contributed by atoms with E-state index in [4.69, 9.17) is 0 Å². The van der Waals surface area contributed by atoms with Gasteiger partial charge in [-0.25, -0.2) is 0 Å². The fourth-order valence-corrected chi connectivity index (χ4v) is 12.8. The molecule has 0 saturated heterocycles. The van der Waals surface area contributed by atoms with Gasteiger partial charge < -0.3 is 0 Å². The van der Waals surface area contributed by atoms with E-state index in [0.29, 0.717) is 0 Å². The van der Waals surface area contributed by atoms with E-state index in [-0.39, 0.29) is 11.8 Å². The molecule has 0 amide bonds. The Hall–Kier alpha value is -8.06. The van der Waals surface area contributed by atoms with Gasteiger partial charge in [-0.1, -0.05) is 218 Å². The van der Waals surface area contributed by atoms with Gasteiger partial charge in [-0.3, -0.25) is 0 Å². The molecule has 2 unspecified atom stereocenters. The zero-order valence-electron chi connectivity index (χ0n) is 34.9. The van der Waals surface area contributed by atoms with E-state index in [1.807, 2.05) is 0 Å². The van der Waals surface area contributed by atoms with Crippen LogP contribution in [0.5, 0.6) is 0 Å². The van der Waals surface area contributed by atoms with Crippen molar-refractivity contribution in [2.75, 3.05) is 0 Å². The molecule has 0 radical (unpaired) electrons. The van der Waals surface area contributed by atoms with Crippen LogP contribution in [0.4, 0.5) is 0 Å². The molecule has 0 fully saturated rings. The maximum atomic E-state index is 2.57. The molecule has 294 valence electrons. The van der Waals surface area contributed by atoms with E-state index in [0.717, 1.165) is 0 Å². The Balaban J connectivity index is 1.05. The SMILES string of the molecule is C1=CC2c3c(c(-c4ccccc4)c4ccccc4c3-c3ccccc3)C3=CC=c4c(c1c1ccc5c6c(ccc4c16)-c1c-5c(-c4ccccc4)c4ccccc4c1-c1ccccc1)C32. The van der Waals surface area contributed by atoms with Crippen molar-refractivity contribution in [1.29, 1.82) is 0 Å². The molecule has 0 saturated carbocycles. The first kappa shape index (κ1) is 34.5. The van der Waals surface area contributed by atoms with Crippen molar-refractivity contribution in [3.63, 3.8) is 0 Å². The number of hydrogen-bond acceptors (Lipinski definition) is 0. The molecule has 0 heterocycles. The number of allylic oxidation sites excluding steroid dienone is 3. The average Bonchev–Trinajstić information content (AvgIpc) is 3.88. The zero-order chi connectivity index (χ0) is 41.6. The highest BCUT2D eigenvalue weighted by Crippen LogP contribution is 2.64. The van der Waals surface area contributed by atoms with Gasteiger partial charge in [0, 0.05) is 11.8 Å². The highest BCUT2D eigenvalue weighted by atomic mass is 14.5. The lowest BCUT2D eigenvalue weighted by Crippen LogP contribution is -2.23. The molecule has 11 aromatic rings. The summed E-state index contributed by atoms with van der Waals surface area (Å²) >= 11 is 0. The van der Waals surface area contributed by atoms with Crippen molar-refractivity contribution in [3.8, 4) is 66.8 Å². The van der Waals surface area contributed by atoms with Crippen LogP contribution in [0.25, 0.3) is 128 Å². The van der Waals surface area contributed by atoms with Gasteiger partial charge in [-0.05, 0) is 143 Å². The van der Waals surface area contributed by atoms with Crippen LogP contribution in [0.3, 0.4) is 0 Å². The summed E-state index contributed by atoms with van der Waals surface area (Å²) in [6.07, 6.45) is 10.1. The molecule has 64 heavy (non-hydrogen) atoms. The molecule has 0 N–H and O–H groups in total. The Morgan fingerprint density at radius 1 is 0.297 bits per heavy atom. The van der Waals surface area contributed by atoms with Crippen molar-refractivity contribution < 1.29 is 0 Å². The van der Waals surface area contributed by atoms with Crippen LogP contribution >= 0.6 is 0 Å². The molecule has 2 atom stereocenters. The third kappa shape index (κ3) is 4.37. The summed E-state index contributed by atoms with van der Waals surface area (Å²) in [6, 6.07) is 72.5. The molecule has 0 bridgehead atoms. The Morgan fingerprint density at radius 2 is 0.734 bits per heavy atom. The third-order valence-corrected chi connectivity index (χ3v) is 15.1. The smallest absolute Gasteiger partial charge is 0.0212 e. The van der Waals surface area contributed by atoms with Crippen LogP contribution in [0.15, 0.2) is 206 Å². The average molecular weight is 807 g/mol. The summed E-state index contributed by atoms with van der Waals surface area (Å²) in [6.45, 7) is 0. The molecule has 0 aromatic heterocycles. The minimum absolute atomic E-state index is 0.204. The van der Waals surface area contributed by atoms with E-state index >= 15 is 0 Å². The quantitative estimate of drug-likeness (QED) is 0.166. The van der Waals surface area contributed by atoms with Crippen LogP contribution in [-0.2, 0) is 0 Å². The highest BCUT2D eigenvalue weighted by Gasteiger charge is 2.45. The normalized spacial score (nSPS) is 16.0. The first-order chi connectivity index (χ1) is 31.8. The summed E-state index contributed by atoms with van der Waals surface area (Å²) in [5, 5.41) is 12.1. The van der Waals surface area contributed by atoms with Gasteiger partial charge in [0.05, 0.1) is 0 Å². The van der Waals surface area contributed by atoms with Crippen LogP contribution in [0.1, 0.15) is 34.1 Å². The number of hydrogen-bond donors (Lipinski definition) is 0. The largest absolute Gasteiger partial charge is 0.0754 e. The molecule has 4 aliphatic rings. The van der Waals surface area contributed by atoms with Crippen molar-refractivity contribution in [2.45, 2.75) is 11.8 Å². The van der Waals surface area contributed by atoms with E-state index in [1.54, 1.807) is 0 Å².